The molecule has 0 spiro atoms. The van der Waals surface area contributed by atoms with Crippen LogP contribution in [0.5, 0.6) is 0 Å². The number of amides is 1. The average Bonchev–Trinajstić information content (AvgIpc) is 2.93. The van der Waals surface area contributed by atoms with Gasteiger partial charge in [-0.25, -0.2) is 4.98 Å². The van der Waals surface area contributed by atoms with Gasteiger partial charge < -0.3 is 10.6 Å². The van der Waals surface area contributed by atoms with Crippen LogP contribution in [0, 0.1) is 5.41 Å². The second-order valence-corrected chi connectivity index (χ2v) is 7.72. The first kappa shape index (κ1) is 16.4. The summed E-state index contributed by atoms with van der Waals surface area (Å²) in [4.78, 5) is 21.0. The third-order valence-corrected chi connectivity index (χ3v) is 4.65. The number of carbonyl (C=O) groups excluding carboxylic acids is 1. The summed E-state index contributed by atoms with van der Waals surface area (Å²) in [5.74, 6) is 0.0430. The first-order valence-corrected chi connectivity index (χ1v) is 8.43. The van der Waals surface area contributed by atoms with Gasteiger partial charge in [0.1, 0.15) is 10.7 Å². The van der Waals surface area contributed by atoms with Crippen molar-refractivity contribution in [3.8, 4) is 0 Å². The number of nitrogens with zero attached hydrogens (tertiary/aromatic N) is 3. The molecule has 21 heavy (non-hydrogen) atoms. The van der Waals surface area contributed by atoms with Gasteiger partial charge in [0.2, 0.25) is 0 Å². The zero-order chi connectivity index (χ0) is 15.5. The molecule has 0 bridgehead atoms. The number of piperazine rings is 1. The maximum Gasteiger partial charge on any atom is 0.273 e. The van der Waals surface area contributed by atoms with Crippen LogP contribution in [0.25, 0.3) is 0 Å². The molecule has 1 aliphatic heterocycles. The van der Waals surface area contributed by atoms with Crippen LogP contribution in [0.3, 0.4) is 0 Å². The van der Waals surface area contributed by atoms with Crippen LogP contribution < -0.4 is 5.73 Å². The largest absolute Gasteiger partial charge is 0.335 e. The molecular weight excluding hydrogens is 284 g/mol. The molecular formula is C15H26N4OS. The van der Waals surface area contributed by atoms with Crippen molar-refractivity contribution in [1.82, 2.24) is 14.8 Å². The Morgan fingerprint density at radius 1 is 1.33 bits per heavy atom. The van der Waals surface area contributed by atoms with Crippen molar-refractivity contribution >= 4 is 17.2 Å². The van der Waals surface area contributed by atoms with Crippen LogP contribution in [-0.2, 0) is 6.54 Å². The maximum absolute atomic E-state index is 12.4. The van der Waals surface area contributed by atoms with Gasteiger partial charge in [-0.1, -0.05) is 20.8 Å². The van der Waals surface area contributed by atoms with E-state index in [-0.39, 0.29) is 5.91 Å². The lowest BCUT2D eigenvalue weighted by Gasteiger charge is -2.35. The van der Waals surface area contributed by atoms with Gasteiger partial charge in [0.15, 0.2) is 0 Å². The topological polar surface area (TPSA) is 62.5 Å². The van der Waals surface area contributed by atoms with Crippen LogP contribution >= 0.6 is 11.3 Å². The molecule has 2 heterocycles. The zero-order valence-corrected chi connectivity index (χ0v) is 14.1. The molecule has 6 heteroatoms. The van der Waals surface area contributed by atoms with E-state index in [2.05, 4.69) is 30.7 Å². The van der Waals surface area contributed by atoms with E-state index >= 15 is 0 Å². The minimum atomic E-state index is 0.0430. The molecule has 1 aromatic rings. The predicted octanol–water partition coefficient (Wildman–Crippen LogP) is 1.80. The molecule has 0 unspecified atom stereocenters. The molecule has 1 aromatic heterocycles. The van der Waals surface area contributed by atoms with E-state index in [0.717, 1.165) is 37.7 Å². The van der Waals surface area contributed by atoms with Crippen molar-refractivity contribution in [3.05, 3.63) is 16.1 Å². The number of carbonyl (C=O) groups is 1. The van der Waals surface area contributed by atoms with E-state index in [1.165, 1.54) is 17.8 Å². The lowest BCUT2D eigenvalue weighted by molar-refractivity contribution is 0.0618. The van der Waals surface area contributed by atoms with Gasteiger partial charge in [-0.2, -0.15) is 0 Å². The highest BCUT2D eigenvalue weighted by Crippen LogP contribution is 2.19. The van der Waals surface area contributed by atoms with Crippen molar-refractivity contribution in [2.45, 2.75) is 33.7 Å². The highest BCUT2D eigenvalue weighted by Gasteiger charge is 2.24. The third-order valence-electron chi connectivity index (χ3n) is 3.78. The molecule has 1 amide bonds. The van der Waals surface area contributed by atoms with E-state index in [1.54, 1.807) is 0 Å². The van der Waals surface area contributed by atoms with E-state index in [9.17, 15) is 4.79 Å². The SMILES string of the molecule is CC(C)(C)CCN1CCN(C(=O)c2csc(CN)n2)CC1. The molecule has 1 saturated heterocycles. The van der Waals surface area contributed by atoms with Gasteiger partial charge in [0.05, 0.1) is 0 Å². The first-order chi connectivity index (χ1) is 9.89. The molecule has 118 valence electrons. The summed E-state index contributed by atoms with van der Waals surface area (Å²) in [5.41, 5.74) is 6.46. The monoisotopic (exact) mass is 310 g/mol. The Kier molecular flexibility index (Phi) is 5.35. The van der Waals surface area contributed by atoms with Gasteiger partial charge in [-0.15, -0.1) is 11.3 Å². The summed E-state index contributed by atoms with van der Waals surface area (Å²) in [6.45, 7) is 11.8. The zero-order valence-electron chi connectivity index (χ0n) is 13.3. The quantitative estimate of drug-likeness (QED) is 0.921. The molecule has 0 radical (unpaired) electrons. The van der Waals surface area contributed by atoms with Crippen molar-refractivity contribution in [3.63, 3.8) is 0 Å². The minimum Gasteiger partial charge on any atom is -0.335 e. The lowest BCUT2D eigenvalue weighted by atomic mass is 9.92. The molecule has 0 aromatic carbocycles. The highest BCUT2D eigenvalue weighted by atomic mass is 32.1. The fraction of sp³-hybridized carbons (Fsp3) is 0.733. The highest BCUT2D eigenvalue weighted by molar-refractivity contribution is 7.09. The Balaban J connectivity index is 1.82. The Hall–Kier alpha value is -0.980. The molecule has 1 fully saturated rings. The number of aromatic nitrogens is 1. The van der Waals surface area contributed by atoms with E-state index in [1.807, 2.05) is 10.3 Å². The number of thiazole rings is 1. The molecule has 0 saturated carbocycles. The molecule has 0 atom stereocenters. The summed E-state index contributed by atoms with van der Waals surface area (Å²) in [6.07, 6.45) is 1.19. The summed E-state index contributed by atoms with van der Waals surface area (Å²) in [5, 5.41) is 2.64. The smallest absolute Gasteiger partial charge is 0.273 e. The fourth-order valence-corrected chi connectivity index (χ4v) is 2.98. The van der Waals surface area contributed by atoms with Gasteiger partial charge in [0.25, 0.3) is 5.91 Å². The molecule has 5 nitrogen and oxygen atoms in total. The minimum absolute atomic E-state index is 0.0430. The van der Waals surface area contributed by atoms with Crippen molar-refractivity contribution in [1.29, 1.82) is 0 Å². The van der Waals surface area contributed by atoms with Crippen LogP contribution in [0.4, 0.5) is 0 Å². The Morgan fingerprint density at radius 3 is 2.52 bits per heavy atom. The van der Waals surface area contributed by atoms with Crippen molar-refractivity contribution < 1.29 is 4.79 Å². The first-order valence-electron chi connectivity index (χ1n) is 7.55. The Labute approximate surface area is 131 Å². The second kappa shape index (κ2) is 6.85. The maximum atomic E-state index is 12.4. The summed E-state index contributed by atoms with van der Waals surface area (Å²) in [6, 6.07) is 0. The number of hydrogen-bond acceptors (Lipinski definition) is 5. The van der Waals surface area contributed by atoms with Gasteiger partial charge in [-0.3, -0.25) is 9.69 Å². The Bertz CT molecular complexity index is 472. The number of hydrogen-bond donors (Lipinski definition) is 1. The molecule has 0 aliphatic carbocycles. The van der Waals surface area contributed by atoms with Crippen LogP contribution in [0.1, 0.15) is 42.7 Å². The van der Waals surface area contributed by atoms with Gasteiger partial charge >= 0.3 is 0 Å². The lowest BCUT2D eigenvalue weighted by Crippen LogP contribution is -2.49. The number of nitrogens with two attached hydrogens (primary N) is 1. The third kappa shape index (κ3) is 4.76. The number of rotatable bonds is 4. The molecule has 2 N–H and O–H groups in total. The normalized spacial score (nSPS) is 17.2. The summed E-state index contributed by atoms with van der Waals surface area (Å²) >= 11 is 1.46. The summed E-state index contributed by atoms with van der Waals surface area (Å²) in [7, 11) is 0. The van der Waals surface area contributed by atoms with E-state index in [0.29, 0.717) is 17.7 Å². The van der Waals surface area contributed by atoms with Gasteiger partial charge in [-0.05, 0) is 18.4 Å². The van der Waals surface area contributed by atoms with E-state index < -0.39 is 0 Å². The van der Waals surface area contributed by atoms with Crippen LogP contribution in [-0.4, -0.2) is 53.4 Å². The average molecular weight is 310 g/mol. The van der Waals surface area contributed by atoms with Crippen LogP contribution in [0.2, 0.25) is 0 Å². The second-order valence-electron chi connectivity index (χ2n) is 6.78. The molecule has 2 rings (SSSR count). The van der Waals surface area contributed by atoms with Crippen molar-refractivity contribution in [2.75, 3.05) is 32.7 Å². The van der Waals surface area contributed by atoms with Crippen molar-refractivity contribution in [2.24, 2.45) is 11.1 Å². The molecule has 1 aliphatic rings. The fourth-order valence-electron chi connectivity index (χ4n) is 2.33. The summed E-state index contributed by atoms with van der Waals surface area (Å²) < 4.78 is 0. The van der Waals surface area contributed by atoms with Gasteiger partial charge in [0, 0.05) is 38.1 Å². The Morgan fingerprint density at radius 2 is 2.00 bits per heavy atom. The predicted molar refractivity (Wildman–Crippen MR) is 86.4 cm³/mol. The standard InChI is InChI=1S/C15H26N4OS/c1-15(2,3)4-5-18-6-8-19(9-7-18)14(20)12-11-21-13(10-16)17-12/h11H,4-10,16H2,1-3H3. The van der Waals surface area contributed by atoms with E-state index in [4.69, 9.17) is 5.73 Å². The van der Waals surface area contributed by atoms with Crippen LogP contribution in [0.15, 0.2) is 5.38 Å².